The van der Waals surface area contributed by atoms with Crippen LogP contribution in [0.15, 0.2) is 158 Å². The lowest BCUT2D eigenvalue weighted by Crippen LogP contribution is -2.15. The molecule has 0 aromatic heterocycles. The molecule has 2 aliphatic carbocycles. The van der Waals surface area contributed by atoms with Crippen LogP contribution in [-0.2, 0) is 10.8 Å². The second kappa shape index (κ2) is 10.5. The van der Waals surface area contributed by atoms with E-state index >= 15 is 0 Å². The zero-order valence-electron chi connectivity index (χ0n) is 28.0. The van der Waals surface area contributed by atoms with Crippen LogP contribution in [0.5, 0.6) is 0 Å². The maximum Gasteiger partial charge on any atom is 0.0159 e. The zero-order valence-corrected chi connectivity index (χ0v) is 28.0. The Labute approximate surface area is 284 Å². The maximum atomic E-state index is 2.46. The smallest absolute Gasteiger partial charge is 0.0159 e. The van der Waals surface area contributed by atoms with Gasteiger partial charge in [-0.3, -0.25) is 0 Å². The molecule has 0 amide bonds. The lowest BCUT2D eigenvalue weighted by atomic mass is 9.79. The van der Waals surface area contributed by atoms with E-state index in [9.17, 15) is 0 Å². The Bertz CT molecular complexity index is 2370. The van der Waals surface area contributed by atoms with Gasteiger partial charge in [-0.2, -0.15) is 0 Å². The first kappa shape index (κ1) is 28.7. The second-order valence-electron chi connectivity index (χ2n) is 14.5. The molecule has 0 aliphatic heterocycles. The summed E-state index contributed by atoms with van der Waals surface area (Å²) < 4.78 is 0. The van der Waals surface area contributed by atoms with E-state index in [-0.39, 0.29) is 10.8 Å². The van der Waals surface area contributed by atoms with E-state index in [1.807, 2.05) is 0 Å². The van der Waals surface area contributed by atoms with Crippen LogP contribution >= 0.6 is 0 Å². The molecule has 0 fully saturated rings. The van der Waals surface area contributed by atoms with Crippen molar-refractivity contribution in [3.63, 3.8) is 0 Å². The van der Waals surface area contributed by atoms with E-state index in [1.165, 1.54) is 89.0 Å². The van der Waals surface area contributed by atoms with Crippen LogP contribution in [0.1, 0.15) is 49.9 Å². The molecule has 9 rings (SSSR count). The first-order valence-electron chi connectivity index (χ1n) is 17.1. The molecule has 0 atom stereocenters. The Morgan fingerprint density at radius 3 is 1.25 bits per heavy atom. The quantitative estimate of drug-likeness (QED) is 0.185. The van der Waals surface area contributed by atoms with Crippen molar-refractivity contribution in [1.82, 2.24) is 0 Å². The summed E-state index contributed by atoms with van der Waals surface area (Å²) in [6.07, 6.45) is 0. The molecule has 2 aliphatic rings. The van der Waals surface area contributed by atoms with Gasteiger partial charge in [0.2, 0.25) is 0 Å². The normalized spacial score (nSPS) is 14.6. The van der Waals surface area contributed by atoms with Crippen LogP contribution in [0.25, 0.3) is 66.8 Å². The lowest BCUT2D eigenvalue weighted by Gasteiger charge is -2.24. The number of hydrogen-bond donors (Lipinski definition) is 0. The SMILES string of the molecule is CC1(C)c2ccccc2-c2ccc(-c3ccc4c(c3)C(C)(C)c3cc(-c5cccc(-c6ccccc6)c5-c5ccccc5)ccc3-4)cc21. The number of hydrogen-bond acceptors (Lipinski definition) is 0. The molecule has 0 heterocycles. The van der Waals surface area contributed by atoms with Gasteiger partial charge in [0.25, 0.3) is 0 Å². The highest BCUT2D eigenvalue weighted by molar-refractivity contribution is 5.96. The molecule has 0 N–H and O–H groups in total. The minimum Gasteiger partial charge on any atom is -0.0622 e. The maximum absolute atomic E-state index is 2.46. The van der Waals surface area contributed by atoms with Crippen LogP contribution in [0.4, 0.5) is 0 Å². The average Bonchev–Trinajstić information content (AvgIpc) is 3.50. The highest BCUT2D eigenvalue weighted by atomic mass is 14.4. The topological polar surface area (TPSA) is 0 Å². The fraction of sp³-hybridized carbons (Fsp3) is 0.125. The predicted molar refractivity (Wildman–Crippen MR) is 203 cm³/mol. The Balaban J connectivity index is 1.14. The van der Waals surface area contributed by atoms with Crippen molar-refractivity contribution < 1.29 is 0 Å². The van der Waals surface area contributed by atoms with Crippen LogP contribution < -0.4 is 0 Å². The van der Waals surface area contributed by atoms with Gasteiger partial charge in [-0.15, -0.1) is 0 Å². The van der Waals surface area contributed by atoms with Crippen LogP contribution in [0, 0.1) is 0 Å². The van der Waals surface area contributed by atoms with Crippen molar-refractivity contribution in [1.29, 1.82) is 0 Å². The van der Waals surface area contributed by atoms with Crippen LogP contribution in [0.2, 0.25) is 0 Å². The third-order valence-corrected chi connectivity index (χ3v) is 11.1. The summed E-state index contributed by atoms with van der Waals surface area (Å²) in [5.74, 6) is 0. The summed E-state index contributed by atoms with van der Waals surface area (Å²) in [4.78, 5) is 0. The van der Waals surface area contributed by atoms with Crippen molar-refractivity contribution in [2.45, 2.75) is 38.5 Å². The third kappa shape index (κ3) is 4.22. The molecular weight excluding hydrogens is 577 g/mol. The molecule has 7 aromatic carbocycles. The molecule has 0 unspecified atom stereocenters. The van der Waals surface area contributed by atoms with Crippen molar-refractivity contribution >= 4 is 0 Å². The van der Waals surface area contributed by atoms with Crippen molar-refractivity contribution in [2.24, 2.45) is 0 Å². The van der Waals surface area contributed by atoms with Gasteiger partial charge in [0.05, 0.1) is 0 Å². The van der Waals surface area contributed by atoms with Gasteiger partial charge in [-0.1, -0.05) is 167 Å². The van der Waals surface area contributed by atoms with Gasteiger partial charge in [0, 0.05) is 10.8 Å². The Kier molecular flexibility index (Phi) is 6.30. The van der Waals surface area contributed by atoms with E-state index in [0.717, 1.165) is 0 Å². The summed E-state index contributed by atoms with van der Waals surface area (Å²) in [7, 11) is 0. The number of rotatable bonds is 4. The van der Waals surface area contributed by atoms with Crippen molar-refractivity contribution in [3.8, 4) is 66.8 Å². The summed E-state index contributed by atoms with van der Waals surface area (Å²) in [6, 6.07) is 58.6. The van der Waals surface area contributed by atoms with Gasteiger partial charge >= 0.3 is 0 Å². The lowest BCUT2D eigenvalue weighted by molar-refractivity contribution is 0.659. The molecule has 48 heavy (non-hydrogen) atoms. The minimum absolute atomic E-state index is 0.0129. The molecule has 0 spiro atoms. The van der Waals surface area contributed by atoms with E-state index in [4.69, 9.17) is 0 Å². The Morgan fingerprint density at radius 1 is 0.271 bits per heavy atom. The fourth-order valence-electron chi connectivity index (χ4n) is 8.54. The number of benzene rings is 7. The van der Waals surface area contributed by atoms with Gasteiger partial charge in [-0.05, 0) is 107 Å². The summed E-state index contributed by atoms with van der Waals surface area (Å²) in [5.41, 5.74) is 21.0. The molecule has 230 valence electrons. The van der Waals surface area contributed by atoms with Crippen molar-refractivity contribution in [3.05, 3.63) is 180 Å². The zero-order chi connectivity index (χ0) is 32.6. The molecule has 0 heteroatoms. The van der Waals surface area contributed by atoms with E-state index < -0.39 is 0 Å². The van der Waals surface area contributed by atoms with Gasteiger partial charge in [0.1, 0.15) is 0 Å². The minimum atomic E-state index is -0.132. The molecule has 0 bridgehead atoms. The number of fused-ring (bicyclic) bond motifs is 6. The average molecular weight is 615 g/mol. The highest BCUT2D eigenvalue weighted by Crippen LogP contribution is 2.53. The summed E-state index contributed by atoms with van der Waals surface area (Å²) in [5, 5.41) is 0. The standard InChI is InChI=1S/C48H38/c1-47(2)42-21-12-11-18-38(42)39-25-22-33(28-43(39)47)34-23-26-40-41-27-24-35(30-45(41)48(3,4)44(40)29-34)37-20-13-19-36(31-14-7-5-8-15-31)46(37)32-16-9-6-10-17-32/h5-30H,1-4H3. The summed E-state index contributed by atoms with van der Waals surface area (Å²) in [6.45, 7) is 9.51. The van der Waals surface area contributed by atoms with E-state index in [0.29, 0.717) is 0 Å². The molecule has 0 radical (unpaired) electrons. The van der Waals surface area contributed by atoms with Crippen molar-refractivity contribution in [2.75, 3.05) is 0 Å². The molecular formula is C48H38. The molecule has 0 nitrogen and oxygen atoms in total. The Morgan fingerprint density at radius 2 is 0.667 bits per heavy atom. The third-order valence-electron chi connectivity index (χ3n) is 11.1. The van der Waals surface area contributed by atoms with Gasteiger partial charge in [-0.25, -0.2) is 0 Å². The van der Waals surface area contributed by atoms with Gasteiger partial charge < -0.3 is 0 Å². The molecule has 0 saturated carbocycles. The van der Waals surface area contributed by atoms with Crippen LogP contribution in [-0.4, -0.2) is 0 Å². The highest BCUT2D eigenvalue weighted by Gasteiger charge is 2.37. The fourth-order valence-corrected chi connectivity index (χ4v) is 8.54. The van der Waals surface area contributed by atoms with E-state index in [2.05, 4.69) is 185 Å². The predicted octanol–water partition coefficient (Wildman–Crippen LogP) is 13.0. The first-order valence-corrected chi connectivity index (χ1v) is 17.1. The summed E-state index contributed by atoms with van der Waals surface area (Å²) >= 11 is 0. The molecule has 7 aromatic rings. The Hall–Kier alpha value is -5.46. The largest absolute Gasteiger partial charge is 0.0622 e. The van der Waals surface area contributed by atoms with Crippen LogP contribution in [0.3, 0.4) is 0 Å². The second-order valence-corrected chi connectivity index (χ2v) is 14.5. The van der Waals surface area contributed by atoms with E-state index in [1.54, 1.807) is 0 Å². The van der Waals surface area contributed by atoms with Gasteiger partial charge in [0.15, 0.2) is 0 Å². The molecule has 0 saturated heterocycles. The monoisotopic (exact) mass is 614 g/mol. The first-order chi connectivity index (χ1) is 23.3.